The fourth-order valence-electron chi connectivity index (χ4n) is 1.13. The summed E-state index contributed by atoms with van der Waals surface area (Å²) in [6.45, 7) is 8.36. The van der Waals surface area contributed by atoms with Crippen molar-refractivity contribution in [2.75, 3.05) is 6.61 Å². The van der Waals surface area contributed by atoms with Crippen LogP contribution in [-0.2, 0) is 11.0 Å². The third kappa shape index (κ3) is 2.35. The molecule has 0 amide bonds. The van der Waals surface area contributed by atoms with E-state index in [-0.39, 0.29) is 12.0 Å². The van der Waals surface area contributed by atoms with Gasteiger partial charge >= 0.3 is 0 Å². The van der Waals surface area contributed by atoms with Crippen molar-refractivity contribution in [1.29, 1.82) is 0 Å². The minimum atomic E-state index is -0.603. The molecule has 3 heteroatoms. The highest BCUT2D eigenvalue weighted by molar-refractivity contribution is 7.12. The van der Waals surface area contributed by atoms with E-state index in [1.165, 1.54) is 4.88 Å². The van der Waals surface area contributed by atoms with Crippen LogP contribution in [0.25, 0.3) is 0 Å². The molecule has 0 aliphatic carbocycles. The monoisotopic (exact) mass is 213 g/mol. The van der Waals surface area contributed by atoms with Crippen molar-refractivity contribution in [1.82, 2.24) is 0 Å². The van der Waals surface area contributed by atoms with E-state index in [4.69, 9.17) is 10.8 Å². The molecule has 1 atom stereocenters. The lowest BCUT2D eigenvalue weighted by Gasteiger charge is -2.20. The number of rotatable bonds is 2. The molecule has 80 valence electrons. The third-order valence-corrected chi connectivity index (χ3v) is 4.03. The molecule has 0 fully saturated rings. The van der Waals surface area contributed by atoms with Gasteiger partial charge in [0.1, 0.15) is 0 Å². The lowest BCUT2D eigenvalue weighted by Crippen LogP contribution is -2.35. The normalized spacial score (nSPS) is 16.7. The van der Waals surface area contributed by atoms with Crippen molar-refractivity contribution >= 4 is 11.3 Å². The Morgan fingerprint density at radius 2 is 1.71 bits per heavy atom. The lowest BCUT2D eigenvalue weighted by molar-refractivity contribution is 0.212. The van der Waals surface area contributed by atoms with Crippen molar-refractivity contribution in [2.24, 2.45) is 5.73 Å². The number of nitrogens with two attached hydrogens (primary N) is 1. The predicted molar refractivity (Wildman–Crippen MR) is 61.6 cm³/mol. The quantitative estimate of drug-likeness (QED) is 0.791. The number of thiophene rings is 1. The maximum Gasteiger partial charge on any atom is 0.0709 e. The largest absolute Gasteiger partial charge is 0.394 e. The lowest BCUT2D eigenvalue weighted by atomic mass is 9.94. The van der Waals surface area contributed by atoms with Crippen LogP contribution in [0.15, 0.2) is 12.1 Å². The van der Waals surface area contributed by atoms with Crippen molar-refractivity contribution < 1.29 is 5.11 Å². The van der Waals surface area contributed by atoms with Crippen LogP contribution in [0.1, 0.15) is 37.4 Å². The van der Waals surface area contributed by atoms with Gasteiger partial charge < -0.3 is 10.8 Å². The van der Waals surface area contributed by atoms with Crippen LogP contribution in [-0.4, -0.2) is 11.7 Å². The summed E-state index contributed by atoms with van der Waals surface area (Å²) in [4.78, 5) is 2.35. The molecule has 1 unspecified atom stereocenters. The van der Waals surface area contributed by atoms with E-state index in [1.807, 2.05) is 13.0 Å². The molecule has 0 aliphatic heterocycles. The second kappa shape index (κ2) is 3.65. The first-order chi connectivity index (χ1) is 6.27. The van der Waals surface area contributed by atoms with Gasteiger partial charge in [0, 0.05) is 9.75 Å². The number of hydrogen-bond acceptors (Lipinski definition) is 3. The van der Waals surface area contributed by atoms with E-state index in [2.05, 4.69) is 26.8 Å². The molecule has 3 N–H and O–H groups in total. The van der Waals surface area contributed by atoms with E-state index in [9.17, 15) is 0 Å². The molecular weight excluding hydrogens is 194 g/mol. The summed E-state index contributed by atoms with van der Waals surface area (Å²) in [6, 6.07) is 4.11. The molecule has 0 saturated carbocycles. The molecule has 0 bridgehead atoms. The molecule has 14 heavy (non-hydrogen) atoms. The first kappa shape index (κ1) is 11.7. The molecule has 0 radical (unpaired) electrons. The summed E-state index contributed by atoms with van der Waals surface area (Å²) < 4.78 is 0. The summed E-state index contributed by atoms with van der Waals surface area (Å²) in [5, 5.41) is 9.14. The minimum absolute atomic E-state index is 0.0168. The molecule has 1 aromatic rings. The second-order valence-corrected chi connectivity index (χ2v) is 6.07. The predicted octanol–water partition coefficient (Wildman–Crippen LogP) is 2.21. The van der Waals surface area contributed by atoms with Gasteiger partial charge in [-0.2, -0.15) is 0 Å². The van der Waals surface area contributed by atoms with Gasteiger partial charge in [-0.25, -0.2) is 0 Å². The van der Waals surface area contributed by atoms with Crippen LogP contribution in [0.3, 0.4) is 0 Å². The average Bonchev–Trinajstić information content (AvgIpc) is 2.51. The average molecular weight is 213 g/mol. The maximum atomic E-state index is 9.14. The highest BCUT2D eigenvalue weighted by Crippen LogP contribution is 2.33. The van der Waals surface area contributed by atoms with Crippen LogP contribution < -0.4 is 5.73 Å². The third-order valence-electron chi connectivity index (χ3n) is 2.24. The Morgan fingerprint density at radius 3 is 2.07 bits per heavy atom. The molecular formula is C11H19NOS. The van der Waals surface area contributed by atoms with Gasteiger partial charge in [-0.3, -0.25) is 0 Å². The molecule has 1 heterocycles. The molecule has 0 aromatic carbocycles. The maximum absolute atomic E-state index is 9.14. The summed E-state index contributed by atoms with van der Waals surface area (Å²) in [5.41, 5.74) is 5.51. The van der Waals surface area contributed by atoms with Crippen LogP contribution >= 0.6 is 11.3 Å². The fourth-order valence-corrected chi connectivity index (χ4v) is 2.24. The van der Waals surface area contributed by atoms with Crippen LogP contribution in [0, 0.1) is 0 Å². The zero-order chi connectivity index (χ0) is 11.0. The number of aliphatic hydroxyl groups is 1. The number of aliphatic hydroxyl groups excluding tert-OH is 1. The van der Waals surface area contributed by atoms with E-state index in [0.29, 0.717) is 0 Å². The van der Waals surface area contributed by atoms with Crippen LogP contribution in [0.5, 0.6) is 0 Å². The van der Waals surface area contributed by atoms with Crippen molar-refractivity contribution in [2.45, 2.75) is 38.6 Å². The second-order valence-electron chi connectivity index (χ2n) is 4.99. The van der Waals surface area contributed by atoms with Crippen molar-refractivity contribution in [3.05, 3.63) is 21.9 Å². The topological polar surface area (TPSA) is 46.2 Å². The minimum Gasteiger partial charge on any atom is -0.394 e. The first-order valence-corrected chi connectivity index (χ1v) is 5.59. The van der Waals surface area contributed by atoms with Crippen molar-refractivity contribution in [3.63, 3.8) is 0 Å². The molecule has 0 spiro atoms. The van der Waals surface area contributed by atoms with Gasteiger partial charge in [-0.1, -0.05) is 20.8 Å². The van der Waals surface area contributed by atoms with Gasteiger partial charge in [-0.15, -0.1) is 11.3 Å². The smallest absolute Gasteiger partial charge is 0.0709 e. The Bertz CT molecular complexity index is 309. The summed E-state index contributed by atoms with van der Waals surface area (Å²) in [7, 11) is 0. The zero-order valence-corrected chi connectivity index (χ0v) is 10.1. The summed E-state index contributed by atoms with van der Waals surface area (Å²) in [6.07, 6.45) is 0. The molecule has 2 nitrogen and oxygen atoms in total. The van der Waals surface area contributed by atoms with Gasteiger partial charge in [-0.05, 0) is 24.5 Å². The molecule has 0 aliphatic rings. The van der Waals surface area contributed by atoms with E-state index >= 15 is 0 Å². The van der Waals surface area contributed by atoms with Gasteiger partial charge in [0.2, 0.25) is 0 Å². The Labute approximate surface area is 89.8 Å². The Morgan fingerprint density at radius 1 is 1.21 bits per heavy atom. The van der Waals surface area contributed by atoms with Gasteiger partial charge in [0.05, 0.1) is 12.1 Å². The van der Waals surface area contributed by atoms with Gasteiger partial charge in [0.15, 0.2) is 0 Å². The Kier molecular flexibility index (Phi) is 3.04. The molecule has 0 saturated heterocycles. The Balaban J connectivity index is 3.00. The molecule has 1 aromatic heterocycles. The van der Waals surface area contributed by atoms with Crippen LogP contribution in [0.4, 0.5) is 0 Å². The standard InChI is InChI=1S/C11H19NOS/c1-10(2,3)8-5-6-9(14-8)11(4,12)7-13/h5-6,13H,7,12H2,1-4H3. The van der Waals surface area contributed by atoms with E-state index < -0.39 is 5.54 Å². The molecule has 1 rings (SSSR count). The first-order valence-electron chi connectivity index (χ1n) is 4.78. The number of hydrogen-bond donors (Lipinski definition) is 2. The summed E-state index contributed by atoms with van der Waals surface area (Å²) >= 11 is 1.69. The van der Waals surface area contributed by atoms with E-state index in [0.717, 1.165) is 4.88 Å². The Hall–Kier alpha value is -0.380. The zero-order valence-electron chi connectivity index (χ0n) is 9.29. The fraction of sp³-hybridized carbons (Fsp3) is 0.636. The highest BCUT2D eigenvalue weighted by Gasteiger charge is 2.24. The van der Waals surface area contributed by atoms with Crippen LogP contribution in [0.2, 0.25) is 0 Å². The van der Waals surface area contributed by atoms with Gasteiger partial charge in [0.25, 0.3) is 0 Å². The van der Waals surface area contributed by atoms with Crippen molar-refractivity contribution in [3.8, 4) is 0 Å². The van der Waals surface area contributed by atoms with E-state index in [1.54, 1.807) is 11.3 Å². The summed E-state index contributed by atoms with van der Waals surface area (Å²) in [5.74, 6) is 0. The SMILES string of the molecule is CC(C)(C)c1ccc(C(C)(N)CO)s1. The highest BCUT2D eigenvalue weighted by atomic mass is 32.1.